The maximum Gasteiger partial charge on any atom is 0.329 e. The number of carbonyl (C=O) groups excluding carboxylic acids is 2. The number of hydrogen-bond acceptors (Lipinski definition) is 9. The van der Waals surface area contributed by atoms with Gasteiger partial charge in [0.2, 0.25) is 0 Å². The van der Waals surface area contributed by atoms with E-state index in [2.05, 4.69) is 10.3 Å². The summed E-state index contributed by atoms with van der Waals surface area (Å²) in [6, 6.07) is 12.9. The maximum atomic E-state index is 15.9. The zero-order chi connectivity index (χ0) is 36.4. The number of imidazole rings is 1. The van der Waals surface area contributed by atoms with Crippen LogP contribution < -0.4 is 15.9 Å². The predicted octanol–water partition coefficient (Wildman–Crippen LogP) is 5.03. The summed E-state index contributed by atoms with van der Waals surface area (Å²) in [6.07, 6.45) is 0.331. The average Bonchev–Trinajstić information content (AvgIpc) is 3.47. The molecule has 0 radical (unpaired) electrons. The van der Waals surface area contributed by atoms with Gasteiger partial charge in [-0.3, -0.25) is 23.6 Å². The van der Waals surface area contributed by atoms with Crippen LogP contribution in [0, 0.1) is 23.2 Å². The van der Waals surface area contributed by atoms with Crippen LogP contribution in [0.5, 0.6) is 0 Å². The minimum atomic E-state index is -3.43. The number of carbonyl (C=O) groups is 2. The molecule has 5 heterocycles. The second-order valence-electron chi connectivity index (χ2n) is 14.2. The molecule has 2 N–H and O–H groups in total. The van der Waals surface area contributed by atoms with Crippen molar-refractivity contribution < 1.29 is 28.2 Å². The van der Waals surface area contributed by atoms with Gasteiger partial charge in [-0.05, 0) is 56.7 Å². The Kier molecular flexibility index (Phi) is 8.64. The number of aromatic nitrogens is 3. The molecule has 0 saturated carbocycles. The lowest BCUT2D eigenvalue weighted by molar-refractivity contribution is -0.111. The fraction of sp³-hybridized carbons (Fsp3) is 0.417. The Labute approximate surface area is 296 Å². The minimum absolute atomic E-state index is 0.0250. The second-order valence-corrected chi connectivity index (χ2v) is 14.6. The van der Waals surface area contributed by atoms with Crippen molar-refractivity contribution in [1.29, 1.82) is 5.26 Å². The SMILES string of the molecule is C[C@@H]1CN(c2nc(Nc3ccc4c(c3)n(CCC(C)(C)O)c(=O)n4CC3COC3)c(Cl)cc2C#N)C[C@H](N2C(=O)c3ccccc3C2=O)C1(F)F. The number of piperidine rings is 1. The van der Waals surface area contributed by atoms with Crippen molar-refractivity contribution in [2.45, 2.75) is 57.8 Å². The Bertz CT molecular complexity index is 2130. The van der Waals surface area contributed by atoms with Gasteiger partial charge in [-0.2, -0.15) is 5.26 Å². The van der Waals surface area contributed by atoms with Gasteiger partial charge in [0.25, 0.3) is 17.7 Å². The van der Waals surface area contributed by atoms with Crippen LogP contribution >= 0.6 is 11.6 Å². The van der Waals surface area contributed by atoms with Crippen LogP contribution in [0.2, 0.25) is 5.02 Å². The van der Waals surface area contributed by atoms with Crippen LogP contribution in [0.3, 0.4) is 0 Å². The number of aryl methyl sites for hydroxylation is 1. The maximum absolute atomic E-state index is 15.9. The Balaban J connectivity index is 1.23. The Morgan fingerprint density at radius 2 is 1.75 bits per heavy atom. The summed E-state index contributed by atoms with van der Waals surface area (Å²) in [7, 11) is 0. The molecule has 0 unspecified atom stereocenters. The first kappa shape index (κ1) is 34.6. The monoisotopic (exact) mass is 719 g/mol. The number of pyridine rings is 1. The molecule has 0 bridgehead atoms. The third-order valence-corrected chi connectivity index (χ3v) is 10.2. The molecule has 2 saturated heterocycles. The smallest absolute Gasteiger partial charge is 0.329 e. The van der Waals surface area contributed by atoms with Gasteiger partial charge in [-0.1, -0.05) is 30.7 Å². The van der Waals surface area contributed by atoms with E-state index in [0.29, 0.717) is 47.8 Å². The number of nitrogens with zero attached hydrogens (tertiary/aromatic N) is 6. The molecule has 2 atom stereocenters. The summed E-state index contributed by atoms with van der Waals surface area (Å²) in [6.45, 7) is 5.90. The average molecular weight is 720 g/mol. The number of nitrogens with one attached hydrogen (secondary N) is 1. The lowest BCUT2D eigenvalue weighted by Gasteiger charge is -2.45. The number of rotatable bonds is 9. The molecule has 266 valence electrons. The van der Waals surface area contributed by atoms with E-state index in [-0.39, 0.29) is 58.0 Å². The first-order valence-corrected chi connectivity index (χ1v) is 17.1. The molecule has 7 rings (SSSR count). The fourth-order valence-corrected chi connectivity index (χ4v) is 7.15. The topological polar surface area (TPSA) is 146 Å². The van der Waals surface area contributed by atoms with Crippen molar-refractivity contribution in [1.82, 2.24) is 19.0 Å². The van der Waals surface area contributed by atoms with Crippen LogP contribution in [-0.2, 0) is 17.8 Å². The predicted molar refractivity (Wildman–Crippen MR) is 186 cm³/mol. The molecule has 51 heavy (non-hydrogen) atoms. The van der Waals surface area contributed by atoms with Crippen LogP contribution in [0.15, 0.2) is 53.3 Å². The van der Waals surface area contributed by atoms with Gasteiger partial charge in [0, 0.05) is 43.7 Å². The lowest BCUT2D eigenvalue weighted by atomic mass is 9.89. The van der Waals surface area contributed by atoms with Gasteiger partial charge in [-0.15, -0.1) is 0 Å². The third-order valence-electron chi connectivity index (χ3n) is 9.88. The lowest BCUT2D eigenvalue weighted by Crippen LogP contribution is -2.64. The van der Waals surface area contributed by atoms with Crippen molar-refractivity contribution in [3.8, 4) is 6.07 Å². The van der Waals surface area contributed by atoms with Crippen LogP contribution in [-0.4, -0.2) is 79.8 Å². The summed E-state index contributed by atoms with van der Waals surface area (Å²) in [5.41, 5.74) is 0.770. The van der Waals surface area contributed by atoms with E-state index in [1.54, 1.807) is 53.3 Å². The normalized spacial score (nSPS) is 20.4. The molecule has 15 heteroatoms. The first-order valence-electron chi connectivity index (χ1n) is 16.7. The van der Waals surface area contributed by atoms with E-state index in [4.69, 9.17) is 16.3 Å². The van der Waals surface area contributed by atoms with E-state index >= 15 is 8.78 Å². The molecule has 2 aromatic heterocycles. The number of alkyl halides is 2. The molecule has 3 aliphatic rings. The number of imide groups is 1. The number of fused-ring (bicyclic) bond motifs is 2. The summed E-state index contributed by atoms with van der Waals surface area (Å²) in [4.78, 5) is 46.9. The largest absolute Gasteiger partial charge is 0.390 e. The highest BCUT2D eigenvalue weighted by Gasteiger charge is 2.57. The zero-order valence-electron chi connectivity index (χ0n) is 28.2. The number of nitriles is 1. The Morgan fingerprint density at radius 1 is 1.06 bits per heavy atom. The number of ether oxygens (including phenoxy) is 1. The number of benzene rings is 2. The Morgan fingerprint density at radius 3 is 2.35 bits per heavy atom. The van der Waals surface area contributed by atoms with E-state index < -0.39 is 41.8 Å². The molecular formula is C36H36ClF2N7O5. The zero-order valence-corrected chi connectivity index (χ0v) is 29.0. The highest BCUT2D eigenvalue weighted by molar-refractivity contribution is 6.33. The standard InChI is InChI=1S/C36H36ClF2N7O5/c1-20-15-43(17-29(36(20,38)39)46-32(47)24-6-4-5-7-25(24)33(46)48)31-22(14-40)12-26(37)30(42-31)41-23-8-9-27-28(13-23)44(11-10-35(2,3)50)34(49)45(27)16-21-18-51-19-21/h4-9,12-13,20-21,29,50H,10-11,15-19H2,1-3H3,(H,41,42)/t20-,29+/m1/s1. The molecule has 4 aromatic rings. The highest BCUT2D eigenvalue weighted by atomic mass is 35.5. The summed E-state index contributed by atoms with van der Waals surface area (Å²) in [5.74, 6) is -5.94. The third kappa shape index (κ3) is 6.13. The number of hydrogen-bond donors (Lipinski definition) is 2. The Hall–Kier alpha value is -4.84. The first-order chi connectivity index (χ1) is 24.2. The van der Waals surface area contributed by atoms with E-state index in [0.717, 1.165) is 0 Å². The molecular weight excluding hydrogens is 684 g/mol. The van der Waals surface area contributed by atoms with E-state index in [1.165, 1.54) is 30.0 Å². The molecule has 12 nitrogen and oxygen atoms in total. The molecule has 2 fully saturated rings. The van der Waals surface area contributed by atoms with E-state index in [1.807, 2.05) is 6.07 Å². The van der Waals surface area contributed by atoms with Gasteiger partial charge in [-0.25, -0.2) is 18.6 Å². The van der Waals surface area contributed by atoms with Crippen molar-refractivity contribution in [3.05, 3.63) is 80.7 Å². The van der Waals surface area contributed by atoms with Gasteiger partial charge < -0.3 is 20.1 Å². The van der Waals surface area contributed by atoms with Gasteiger partial charge in [0.15, 0.2) is 5.82 Å². The summed E-state index contributed by atoms with van der Waals surface area (Å²) >= 11 is 6.61. The molecule has 2 aromatic carbocycles. The van der Waals surface area contributed by atoms with Crippen molar-refractivity contribution in [3.63, 3.8) is 0 Å². The molecule has 0 aliphatic carbocycles. The number of anilines is 3. The molecule has 3 aliphatic heterocycles. The fourth-order valence-electron chi connectivity index (χ4n) is 6.95. The van der Waals surface area contributed by atoms with Crippen LogP contribution in [0.25, 0.3) is 11.0 Å². The number of amides is 2. The summed E-state index contributed by atoms with van der Waals surface area (Å²) in [5, 5.41) is 23.7. The van der Waals surface area contributed by atoms with Gasteiger partial charge in [0.1, 0.15) is 17.9 Å². The van der Waals surface area contributed by atoms with Crippen molar-refractivity contribution >= 4 is 51.8 Å². The summed E-state index contributed by atoms with van der Waals surface area (Å²) < 4.78 is 40.3. The van der Waals surface area contributed by atoms with Crippen molar-refractivity contribution in [2.75, 3.05) is 36.5 Å². The van der Waals surface area contributed by atoms with Gasteiger partial charge >= 0.3 is 5.69 Å². The quantitative estimate of drug-likeness (QED) is 0.228. The van der Waals surface area contributed by atoms with Gasteiger partial charge in [0.05, 0.1) is 51.6 Å². The molecule has 2 amide bonds. The van der Waals surface area contributed by atoms with Crippen LogP contribution in [0.1, 0.15) is 53.5 Å². The molecule has 0 spiro atoms. The van der Waals surface area contributed by atoms with E-state index in [9.17, 15) is 24.8 Å². The van der Waals surface area contributed by atoms with Crippen molar-refractivity contribution in [2.24, 2.45) is 11.8 Å². The minimum Gasteiger partial charge on any atom is -0.390 e. The number of halogens is 3. The number of aliphatic hydroxyl groups is 1. The highest BCUT2D eigenvalue weighted by Crippen LogP contribution is 2.42. The van der Waals surface area contributed by atoms with Crippen LogP contribution in [0.4, 0.5) is 26.1 Å². The second kappa shape index (κ2) is 12.7.